The van der Waals surface area contributed by atoms with Gasteiger partial charge in [0.1, 0.15) is 0 Å². The molecule has 0 radical (unpaired) electrons. The van der Waals surface area contributed by atoms with E-state index in [0.29, 0.717) is 19.5 Å². The zero-order chi connectivity index (χ0) is 11.9. The van der Waals surface area contributed by atoms with Gasteiger partial charge >= 0.3 is 0 Å². The third-order valence-corrected chi connectivity index (χ3v) is 3.78. The molecule has 0 saturated carbocycles. The molecular weight excluding hydrogens is 306 g/mol. The number of nitrogens with one attached hydrogen (secondary N) is 1. The van der Waals surface area contributed by atoms with Gasteiger partial charge in [-0.2, -0.15) is 0 Å². The van der Waals surface area contributed by atoms with Crippen LogP contribution >= 0.6 is 27.5 Å². The third kappa shape index (κ3) is 1.85. The summed E-state index contributed by atoms with van der Waals surface area (Å²) in [5.74, 6) is -3.50. The number of hydrogen-bond acceptors (Lipinski definition) is 1. The van der Waals surface area contributed by atoms with Crippen LogP contribution in [0.1, 0.15) is 17.9 Å². The third-order valence-electron chi connectivity index (χ3n) is 2.71. The van der Waals surface area contributed by atoms with Crippen LogP contribution in [-0.4, -0.2) is 13.1 Å². The molecule has 1 nitrogen and oxygen atoms in total. The van der Waals surface area contributed by atoms with E-state index in [4.69, 9.17) is 11.6 Å². The SMILES string of the molecule is Fc1c(F)c(C2CCNC2)c(Cl)c(F)c1Br. The van der Waals surface area contributed by atoms with Gasteiger partial charge in [-0.25, -0.2) is 13.2 Å². The van der Waals surface area contributed by atoms with E-state index in [2.05, 4.69) is 21.2 Å². The van der Waals surface area contributed by atoms with Crippen LogP contribution in [0.2, 0.25) is 5.02 Å². The summed E-state index contributed by atoms with van der Waals surface area (Å²) in [6.07, 6.45) is 0.622. The molecule has 1 heterocycles. The quantitative estimate of drug-likeness (QED) is 0.617. The normalized spacial score (nSPS) is 20.4. The lowest BCUT2D eigenvalue weighted by atomic mass is 9.97. The molecule has 88 valence electrons. The first kappa shape index (κ1) is 12.2. The van der Waals surface area contributed by atoms with Crippen molar-refractivity contribution in [3.05, 3.63) is 32.5 Å². The summed E-state index contributed by atoms with van der Waals surface area (Å²) < 4.78 is 39.9. The lowest BCUT2D eigenvalue weighted by Crippen LogP contribution is -2.11. The van der Waals surface area contributed by atoms with Crippen LogP contribution in [0.3, 0.4) is 0 Å². The van der Waals surface area contributed by atoms with Gasteiger partial charge in [0.05, 0.1) is 9.50 Å². The first-order valence-corrected chi connectivity index (χ1v) is 5.93. The van der Waals surface area contributed by atoms with Gasteiger partial charge in [-0.05, 0) is 28.9 Å². The van der Waals surface area contributed by atoms with Crippen LogP contribution in [-0.2, 0) is 0 Å². The van der Waals surface area contributed by atoms with Crippen molar-refractivity contribution in [2.24, 2.45) is 0 Å². The Labute approximate surface area is 104 Å². The summed E-state index contributed by atoms with van der Waals surface area (Å²) in [6.45, 7) is 1.18. The second kappa shape index (κ2) is 4.55. The summed E-state index contributed by atoms with van der Waals surface area (Å²) in [4.78, 5) is 0. The molecular formula is C10H8BrClF3N. The fourth-order valence-electron chi connectivity index (χ4n) is 1.88. The molecule has 1 atom stereocenters. The summed E-state index contributed by atoms with van der Waals surface area (Å²) in [7, 11) is 0. The number of hydrogen-bond donors (Lipinski definition) is 1. The Morgan fingerprint density at radius 1 is 1.19 bits per heavy atom. The summed E-state index contributed by atoms with van der Waals surface area (Å²) in [5, 5.41) is 2.66. The molecule has 0 spiro atoms. The van der Waals surface area contributed by atoms with Gasteiger partial charge in [0.15, 0.2) is 17.5 Å². The minimum absolute atomic E-state index is 0.0649. The number of halogens is 5. The number of rotatable bonds is 1. The standard InChI is InChI=1S/C10H8BrClF3N/c11-6-9(14)7(12)5(8(13)10(6)15)4-1-2-16-3-4/h4,16H,1-3H2. The fraction of sp³-hybridized carbons (Fsp3) is 0.400. The van der Waals surface area contributed by atoms with Gasteiger partial charge in [-0.1, -0.05) is 11.6 Å². The van der Waals surface area contributed by atoms with E-state index >= 15 is 0 Å². The van der Waals surface area contributed by atoms with Crippen molar-refractivity contribution in [1.29, 1.82) is 0 Å². The van der Waals surface area contributed by atoms with Crippen LogP contribution in [0.4, 0.5) is 13.2 Å². The highest BCUT2D eigenvalue weighted by Gasteiger charge is 2.29. The van der Waals surface area contributed by atoms with Crippen molar-refractivity contribution in [2.75, 3.05) is 13.1 Å². The van der Waals surface area contributed by atoms with Crippen molar-refractivity contribution >= 4 is 27.5 Å². The van der Waals surface area contributed by atoms with E-state index in [9.17, 15) is 13.2 Å². The fourth-order valence-corrected chi connectivity index (χ4v) is 2.70. The highest BCUT2D eigenvalue weighted by atomic mass is 79.9. The smallest absolute Gasteiger partial charge is 0.176 e. The second-order valence-corrected chi connectivity index (χ2v) is 4.84. The molecule has 1 N–H and O–H groups in total. The molecule has 0 aromatic heterocycles. The molecule has 6 heteroatoms. The maximum absolute atomic E-state index is 13.7. The van der Waals surface area contributed by atoms with E-state index in [1.54, 1.807) is 0 Å². The minimum atomic E-state index is -1.22. The average molecular weight is 315 g/mol. The van der Waals surface area contributed by atoms with Crippen LogP contribution in [0.25, 0.3) is 0 Å². The van der Waals surface area contributed by atoms with Crippen molar-refractivity contribution in [2.45, 2.75) is 12.3 Å². The highest BCUT2D eigenvalue weighted by molar-refractivity contribution is 9.10. The highest BCUT2D eigenvalue weighted by Crippen LogP contribution is 2.38. The van der Waals surface area contributed by atoms with Crippen LogP contribution in [0.5, 0.6) is 0 Å². The molecule has 0 amide bonds. The first-order chi connectivity index (χ1) is 7.54. The monoisotopic (exact) mass is 313 g/mol. The van der Waals surface area contributed by atoms with E-state index in [-0.39, 0.29) is 16.5 Å². The molecule has 16 heavy (non-hydrogen) atoms. The van der Waals surface area contributed by atoms with E-state index in [0.717, 1.165) is 0 Å². The van der Waals surface area contributed by atoms with E-state index in [1.807, 2.05) is 0 Å². The van der Waals surface area contributed by atoms with Gasteiger partial charge in [-0.15, -0.1) is 0 Å². The van der Waals surface area contributed by atoms with Gasteiger partial charge < -0.3 is 5.32 Å². The molecule has 1 aromatic rings. The number of benzene rings is 1. The zero-order valence-electron chi connectivity index (χ0n) is 8.09. The van der Waals surface area contributed by atoms with Gasteiger partial charge in [-0.3, -0.25) is 0 Å². The Bertz CT molecular complexity index is 404. The van der Waals surface area contributed by atoms with Gasteiger partial charge in [0.25, 0.3) is 0 Å². The van der Waals surface area contributed by atoms with E-state index in [1.165, 1.54) is 0 Å². The summed E-state index contributed by atoms with van der Waals surface area (Å²) in [5.41, 5.74) is -0.0649. The van der Waals surface area contributed by atoms with Crippen LogP contribution in [0.15, 0.2) is 4.47 Å². The molecule has 0 bridgehead atoms. The zero-order valence-corrected chi connectivity index (χ0v) is 10.4. The lowest BCUT2D eigenvalue weighted by Gasteiger charge is -2.14. The van der Waals surface area contributed by atoms with Crippen molar-refractivity contribution in [3.8, 4) is 0 Å². The van der Waals surface area contributed by atoms with Crippen molar-refractivity contribution in [3.63, 3.8) is 0 Å². The maximum atomic E-state index is 13.7. The lowest BCUT2D eigenvalue weighted by molar-refractivity contribution is 0.470. The minimum Gasteiger partial charge on any atom is -0.316 e. The maximum Gasteiger partial charge on any atom is 0.176 e. The summed E-state index contributed by atoms with van der Waals surface area (Å²) in [6, 6.07) is 0. The molecule has 1 unspecified atom stereocenters. The van der Waals surface area contributed by atoms with Gasteiger partial charge in [0, 0.05) is 18.0 Å². The van der Waals surface area contributed by atoms with Gasteiger partial charge in [0.2, 0.25) is 0 Å². The molecule has 1 saturated heterocycles. The Kier molecular flexibility index (Phi) is 3.47. The largest absolute Gasteiger partial charge is 0.316 e. The molecule has 1 aromatic carbocycles. The Balaban J connectivity index is 2.59. The Hall–Kier alpha value is -0.260. The summed E-state index contributed by atoms with van der Waals surface area (Å²) >= 11 is 8.35. The van der Waals surface area contributed by atoms with E-state index < -0.39 is 21.9 Å². The average Bonchev–Trinajstić information content (AvgIpc) is 2.77. The first-order valence-electron chi connectivity index (χ1n) is 4.76. The van der Waals surface area contributed by atoms with Crippen molar-refractivity contribution in [1.82, 2.24) is 5.32 Å². The molecule has 1 aliphatic rings. The molecule has 1 fully saturated rings. The molecule has 1 aliphatic heterocycles. The molecule has 2 rings (SSSR count). The molecule has 0 aliphatic carbocycles. The van der Waals surface area contributed by atoms with Crippen LogP contribution in [0, 0.1) is 17.5 Å². The topological polar surface area (TPSA) is 12.0 Å². The predicted molar refractivity (Wildman–Crippen MR) is 59.3 cm³/mol. The Morgan fingerprint density at radius 3 is 2.44 bits per heavy atom. The van der Waals surface area contributed by atoms with Crippen LogP contribution < -0.4 is 5.32 Å². The Morgan fingerprint density at radius 2 is 1.88 bits per heavy atom. The van der Waals surface area contributed by atoms with Crippen molar-refractivity contribution < 1.29 is 13.2 Å². The second-order valence-electron chi connectivity index (χ2n) is 3.67. The predicted octanol–water partition coefficient (Wildman–Crippen LogP) is 3.60.